The molecule has 16 heavy (non-hydrogen) atoms. The molecule has 88 valence electrons. The fourth-order valence-electron chi connectivity index (χ4n) is 1.59. The van der Waals surface area contributed by atoms with Gasteiger partial charge in [-0.05, 0) is 26.5 Å². The molecule has 1 aromatic carbocycles. The number of benzene rings is 1. The molecule has 0 atom stereocenters. The minimum absolute atomic E-state index is 0.140. The highest BCUT2D eigenvalue weighted by molar-refractivity contribution is 5.78. The van der Waals surface area contributed by atoms with E-state index in [4.69, 9.17) is 0 Å². The van der Waals surface area contributed by atoms with Gasteiger partial charge >= 0.3 is 0 Å². The molecule has 3 heteroatoms. The van der Waals surface area contributed by atoms with Crippen LogP contribution < -0.4 is 5.32 Å². The van der Waals surface area contributed by atoms with Crippen molar-refractivity contribution >= 4 is 5.91 Å². The Hall–Kier alpha value is -1.35. The lowest BCUT2D eigenvalue weighted by molar-refractivity contribution is -0.132. The Morgan fingerprint density at radius 1 is 1.31 bits per heavy atom. The molecule has 0 fully saturated rings. The van der Waals surface area contributed by atoms with E-state index < -0.39 is 0 Å². The van der Waals surface area contributed by atoms with Crippen LogP contribution in [0.4, 0.5) is 0 Å². The van der Waals surface area contributed by atoms with Crippen LogP contribution in [-0.2, 0) is 11.3 Å². The van der Waals surface area contributed by atoms with E-state index >= 15 is 0 Å². The first-order valence-corrected chi connectivity index (χ1v) is 5.63. The number of hydrogen-bond acceptors (Lipinski definition) is 2. The summed E-state index contributed by atoms with van der Waals surface area (Å²) < 4.78 is 0. The Bertz CT molecular complexity index is 322. The Labute approximate surface area is 97.5 Å². The number of likely N-dealkylation sites (N-methyl/N-ethyl adjacent to an activating group) is 1. The molecule has 0 bridgehead atoms. The molecule has 0 aliphatic rings. The summed E-state index contributed by atoms with van der Waals surface area (Å²) in [6.45, 7) is 5.15. The van der Waals surface area contributed by atoms with Crippen LogP contribution in [-0.4, -0.2) is 30.4 Å². The second-order valence-electron chi connectivity index (χ2n) is 4.13. The van der Waals surface area contributed by atoms with Gasteiger partial charge in [0.25, 0.3) is 0 Å². The predicted octanol–water partition coefficient (Wildman–Crippen LogP) is 1.64. The average Bonchev–Trinajstić information content (AvgIpc) is 2.27. The Morgan fingerprint density at radius 3 is 2.44 bits per heavy atom. The van der Waals surface area contributed by atoms with E-state index in [1.54, 1.807) is 7.05 Å². The second-order valence-corrected chi connectivity index (χ2v) is 4.13. The molecule has 1 N–H and O–H groups in total. The van der Waals surface area contributed by atoms with Gasteiger partial charge in [-0.15, -0.1) is 0 Å². The lowest BCUT2D eigenvalue weighted by Crippen LogP contribution is -2.41. The van der Waals surface area contributed by atoms with Crippen LogP contribution in [0, 0.1) is 0 Å². The Morgan fingerprint density at radius 2 is 1.94 bits per heavy atom. The fraction of sp³-hybridized carbons (Fsp3) is 0.462. The minimum Gasteiger partial charge on any atom is -0.335 e. The number of hydrogen-bond donors (Lipinski definition) is 1. The van der Waals surface area contributed by atoms with E-state index in [9.17, 15) is 4.79 Å². The minimum atomic E-state index is 0.140. The Balaban J connectivity index is 2.69. The third kappa shape index (κ3) is 3.66. The highest BCUT2D eigenvalue weighted by atomic mass is 16.2. The zero-order valence-corrected chi connectivity index (χ0v) is 10.2. The van der Waals surface area contributed by atoms with Crippen molar-refractivity contribution < 1.29 is 4.79 Å². The molecule has 0 heterocycles. The molecule has 0 aliphatic heterocycles. The van der Waals surface area contributed by atoms with Crippen molar-refractivity contribution in [2.24, 2.45) is 0 Å². The van der Waals surface area contributed by atoms with E-state index in [1.165, 1.54) is 5.56 Å². The summed E-state index contributed by atoms with van der Waals surface area (Å²) in [6, 6.07) is 10.3. The normalized spacial score (nSPS) is 10.5. The van der Waals surface area contributed by atoms with Crippen LogP contribution in [0.5, 0.6) is 0 Å². The first-order chi connectivity index (χ1) is 7.65. The molecule has 1 aromatic rings. The van der Waals surface area contributed by atoms with Crippen molar-refractivity contribution in [1.82, 2.24) is 10.2 Å². The molecule has 0 aromatic heterocycles. The maximum absolute atomic E-state index is 11.9. The smallest absolute Gasteiger partial charge is 0.237 e. The standard InChI is InChI=1S/C13H20N2O/c1-11(2)15(13(16)9-14-3)10-12-7-5-4-6-8-12/h4-8,11,14H,9-10H2,1-3H3. The maximum Gasteiger partial charge on any atom is 0.237 e. The summed E-state index contributed by atoms with van der Waals surface area (Å²) in [5.41, 5.74) is 1.17. The van der Waals surface area contributed by atoms with Gasteiger partial charge in [-0.2, -0.15) is 0 Å². The molecule has 1 amide bonds. The fourth-order valence-corrected chi connectivity index (χ4v) is 1.59. The van der Waals surface area contributed by atoms with Gasteiger partial charge in [-0.3, -0.25) is 4.79 Å². The maximum atomic E-state index is 11.9. The van der Waals surface area contributed by atoms with Gasteiger partial charge in [0, 0.05) is 12.6 Å². The monoisotopic (exact) mass is 220 g/mol. The Kier molecular flexibility index (Phi) is 4.99. The molecule has 0 saturated heterocycles. The summed E-state index contributed by atoms with van der Waals surface area (Å²) in [4.78, 5) is 13.7. The average molecular weight is 220 g/mol. The summed E-state index contributed by atoms with van der Waals surface area (Å²) >= 11 is 0. The second kappa shape index (κ2) is 6.28. The summed E-state index contributed by atoms with van der Waals surface area (Å²) in [5.74, 6) is 0.140. The molecule has 0 saturated carbocycles. The summed E-state index contributed by atoms with van der Waals surface area (Å²) in [7, 11) is 1.79. The summed E-state index contributed by atoms with van der Waals surface area (Å²) in [6.07, 6.45) is 0. The van der Waals surface area contributed by atoms with E-state index in [0.717, 1.165) is 0 Å². The van der Waals surface area contributed by atoms with Crippen LogP contribution in [0.25, 0.3) is 0 Å². The molecule has 0 aliphatic carbocycles. The largest absolute Gasteiger partial charge is 0.335 e. The van der Waals surface area contributed by atoms with E-state index in [1.807, 2.05) is 49.1 Å². The number of nitrogens with one attached hydrogen (secondary N) is 1. The van der Waals surface area contributed by atoms with Crippen molar-refractivity contribution in [2.45, 2.75) is 26.4 Å². The number of rotatable bonds is 5. The van der Waals surface area contributed by atoms with Gasteiger partial charge in [0.2, 0.25) is 5.91 Å². The van der Waals surface area contributed by atoms with Crippen molar-refractivity contribution in [3.8, 4) is 0 Å². The van der Waals surface area contributed by atoms with Crippen molar-refractivity contribution in [2.75, 3.05) is 13.6 Å². The molecule has 1 rings (SSSR count). The van der Waals surface area contributed by atoms with Crippen LogP contribution in [0.3, 0.4) is 0 Å². The molecule has 0 spiro atoms. The predicted molar refractivity (Wildman–Crippen MR) is 66.1 cm³/mol. The van der Waals surface area contributed by atoms with E-state index in [0.29, 0.717) is 13.1 Å². The number of carbonyl (C=O) groups excluding carboxylic acids is 1. The van der Waals surface area contributed by atoms with Gasteiger partial charge in [0.05, 0.1) is 6.54 Å². The van der Waals surface area contributed by atoms with Crippen LogP contribution in [0.2, 0.25) is 0 Å². The van der Waals surface area contributed by atoms with Gasteiger partial charge in [0.1, 0.15) is 0 Å². The van der Waals surface area contributed by atoms with Crippen LogP contribution in [0.15, 0.2) is 30.3 Å². The van der Waals surface area contributed by atoms with E-state index in [-0.39, 0.29) is 11.9 Å². The number of carbonyl (C=O) groups is 1. The van der Waals surface area contributed by atoms with Crippen molar-refractivity contribution in [3.63, 3.8) is 0 Å². The first kappa shape index (κ1) is 12.7. The molecule has 0 radical (unpaired) electrons. The first-order valence-electron chi connectivity index (χ1n) is 5.63. The third-order valence-electron chi connectivity index (χ3n) is 2.47. The summed E-state index contributed by atoms with van der Waals surface area (Å²) in [5, 5.41) is 2.90. The lowest BCUT2D eigenvalue weighted by atomic mass is 10.2. The number of amides is 1. The molecule has 3 nitrogen and oxygen atoms in total. The number of nitrogens with zero attached hydrogens (tertiary/aromatic N) is 1. The third-order valence-corrected chi connectivity index (χ3v) is 2.47. The van der Waals surface area contributed by atoms with E-state index in [2.05, 4.69) is 5.32 Å². The van der Waals surface area contributed by atoms with Gasteiger partial charge in [-0.25, -0.2) is 0 Å². The highest BCUT2D eigenvalue weighted by Gasteiger charge is 2.15. The molecular formula is C13H20N2O. The van der Waals surface area contributed by atoms with Gasteiger partial charge in [0.15, 0.2) is 0 Å². The lowest BCUT2D eigenvalue weighted by Gasteiger charge is -2.26. The van der Waals surface area contributed by atoms with Gasteiger partial charge < -0.3 is 10.2 Å². The SMILES string of the molecule is CNCC(=O)N(Cc1ccccc1)C(C)C. The topological polar surface area (TPSA) is 32.3 Å². The van der Waals surface area contributed by atoms with Crippen molar-refractivity contribution in [3.05, 3.63) is 35.9 Å². The highest BCUT2D eigenvalue weighted by Crippen LogP contribution is 2.08. The molecular weight excluding hydrogens is 200 g/mol. The van der Waals surface area contributed by atoms with Gasteiger partial charge in [-0.1, -0.05) is 30.3 Å². The molecule has 0 unspecified atom stereocenters. The van der Waals surface area contributed by atoms with Crippen LogP contribution in [0.1, 0.15) is 19.4 Å². The van der Waals surface area contributed by atoms with Crippen molar-refractivity contribution in [1.29, 1.82) is 0 Å². The van der Waals surface area contributed by atoms with Crippen LogP contribution >= 0.6 is 0 Å². The quantitative estimate of drug-likeness (QED) is 0.818. The zero-order valence-electron chi connectivity index (χ0n) is 10.2. The zero-order chi connectivity index (χ0) is 12.0.